The summed E-state index contributed by atoms with van der Waals surface area (Å²) in [5.41, 5.74) is 7.16. The SMILES string of the molecule is NC(=O)[C@H]1Cc2ccccc2N1C(=O)NCc1cccs1. The Kier molecular flexibility index (Phi) is 3.62. The van der Waals surface area contributed by atoms with Crippen molar-refractivity contribution >= 4 is 29.0 Å². The summed E-state index contributed by atoms with van der Waals surface area (Å²) in [7, 11) is 0. The van der Waals surface area contributed by atoms with Crippen LogP contribution in [0.5, 0.6) is 0 Å². The van der Waals surface area contributed by atoms with E-state index in [1.807, 2.05) is 41.8 Å². The summed E-state index contributed by atoms with van der Waals surface area (Å²) < 4.78 is 0. The van der Waals surface area contributed by atoms with Crippen LogP contribution in [0.1, 0.15) is 10.4 Å². The van der Waals surface area contributed by atoms with Gasteiger partial charge < -0.3 is 11.1 Å². The highest BCUT2D eigenvalue weighted by Gasteiger charge is 2.36. The number of primary amides is 1. The number of nitrogens with zero attached hydrogens (tertiary/aromatic N) is 1. The summed E-state index contributed by atoms with van der Waals surface area (Å²) >= 11 is 1.58. The van der Waals surface area contributed by atoms with E-state index in [1.165, 1.54) is 4.90 Å². The molecule has 6 heteroatoms. The second-order valence-corrected chi connectivity index (χ2v) is 5.89. The fraction of sp³-hybridized carbons (Fsp3) is 0.200. The van der Waals surface area contributed by atoms with Gasteiger partial charge in [-0.05, 0) is 23.1 Å². The smallest absolute Gasteiger partial charge is 0.322 e. The van der Waals surface area contributed by atoms with Gasteiger partial charge in [0, 0.05) is 17.0 Å². The largest absolute Gasteiger partial charge is 0.368 e. The first-order valence-corrected chi connectivity index (χ1v) is 7.51. The van der Waals surface area contributed by atoms with Gasteiger partial charge in [0.15, 0.2) is 0 Å². The number of thiophene rings is 1. The molecule has 1 aromatic carbocycles. The summed E-state index contributed by atoms with van der Waals surface area (Å²) in [6.07, 6.45) is 0.470. The Morgan fingerprint density at radius 2 is 2.10 bits per heavy atom. The van der Waals surface area contributed by atoms with E-state index >= 15 is 0 Å². The van der Waals surface area contributed by atoms with Gasteiger partial charge in [0.25, 0.3) is 0 Å². The molecule has 0 aliphatic carbocycles. The molecule has 2 heterocycles. The Balaban J connectivity index is 1.80. The number of nitrogens with one attached hydrogen (secondary N) is 1. The first-order valence-electron chi connectivity index (χ1n) is 6.63. The normalized spacial score (nSPS) is 16.6. The summed E-state index contributed by atoms with van der Waals surface area (Å²) in [5, 5.41) is 4.80. The second-order valence-electron chi connectivity index (χ2n) is 4.86. The number of hydrogen-bond donors (Lipinski definition) is 2. The number of carbonyl (C=O) groups excluding carboxylic acids is 2. The van der Waals surface area contributed by atoms with Crippen molar-refractivity contribution < 1.29 is 9.59 Å². The van der Waals surface area contributed by atoms with Crippen molar-refractivity contribution in [3.05, 3.63) is 52.2 Å². The van der Waals surface area contributed by atoms with E-state index in [4.69, 9.17) is 5.73 Å². The van der Waals surface area contributed by atoms with Crippen molar-refractivity contribution in [3.63, 3.8) is 0 Å². The minimum atomic E-state index is -0.620. The molecule has 0 saturated carbocycles. The molecular weight excluding hydrogens is 286 g/mol. The lowest BCUT2D eigenvalue weighted by molar-refractivity contribution is -0.119. The monoisotopic (exact) mass is 301 g/mol. The number of hydrogen-bond acceptors (Lipinski definition) is 3. The zero-order valence-corrected chi connectivity index (χ0v) is 12.1. The van der Waals surface area contributed by atoms with Crippen LogP contribution in [-0.4, -0.2) is 18.0 Å². The standard InChI is InChI=1S/C15H15N3O2S/c16-14(19)13-8-10-4-1-2-6-12(10)18(13)15(20)17-9-11-5-3-7-21-11/h1-7,13H,8-9H2,(H2,16,19)(H,17,20)/t13-/m1/s1. The molecule has 1 aliphatic rings. The van der Waals surface area contributed by atoms with Gasteiger partial charge >= 0.3 is 6.03 Å². The molecule has 1 aromatic heterocycles. The molecule has 0 spiro atoms. The van der Waals surface area contributed by atoms with E-state index in [1.54, 1.807) is 11.3 Å². The van der Waals surface area contributed by atoms with E-state index in [2.05, 4.69) is 5.32 Å². The van der Waals surface area contributed by atoms with Crippen LogP contribution in [0.15, 0.2) is 41.8 Å². The Morgan fingerprint density at radius 3 is 2.81 bits per heavy atom. The molecule has 0 radical (unpaired) electrons. The number of fused-ring (bicyclic) bond motifs is 1. The second kappa shape index (κ2) is 5.57. The van der Waals surface area contributed by atoms with Gasteiger partial charge in [-0.2, -0.15) is 0 Å². The van der Waals surface area contributed by atoms with Crippen LogP contribution in [-0.2, 0) is 17.8 Å². The number of amides is 3. The van der Waals surface area contributed by atoms with Crippen LogP contribution in [0.2, 0.25) is 0 Å². The summed E-state index contributed by atoms with van der Waals surface area (Å²) in [6, 6.07) is 10.5. The van der Waals surface area contributed by atoms with Crippen molar-refractivity contribution in [3.8, 4) is 0 Å². The number of carbonyl (C=O) groups is 2. The van der Waals surface area contributed by atoms with Gasteiger partial charge in [-0.25, -0.2) is 4.79 Å². The molecule has 108 valence electrons. The third-order valence-corrected chi connectivity index (χ3v) is 4.39. The highest BCUT2D eigenvalue weighted by molar-refractivity contribution is 7.09. The number of rotatable bonds is 3. The highest BCUT2D eigenvalue weighted by Crippen LogP contribution is 2.31. The van der Waals surface area contributed by atoms with Gasteiger partial charge in [0.2, 0.25) is 5.91 Å². The van der Waals surface area contributed by atoms with Crippen LogP contribution in [0.3, 0.4) is 0 Å². The Morgan fingerprint density at radius 1 is 1.29 bits per heavy atom. The van der Waals surface area contributed by atoms with Gasteiger partial charge in [0.1, 0.15) is 6.04 Å². The summed E-state index contributed by atoms with van der Waals surface area (Å²) in [6.45, 7) is 0.445. The lowest BCUT2D eigenvalue weighted by atomic mass is 10.1. The van der Waals surface area contributed by atoms with E-state index < -0.39 is 11.9 Å². The Hall–Kier alpha value is -2.34. The lowest BCUT2D eigenvalue weighted by Gasteiger charge is -2.23. The van der Waals surface area contributed by atoms with Crippen LogP contribution in [0, 0.1) is 0 Å². The maximum atomic E-state index is 12.4. The fourth-order valence-corrected chi connectivity index (χ4v) is 3.17. The average molecular weight is 301 g/mol. The van der Waals surface area contributed by atoms with Crippen LogP contribution >= 0.6 is 11.3 Å². The maximum Gasteiger partial charge on any atom is 0.322 e. The van der Waals surface area contributed by atoms with Crippen molar-refractivity contribution in [1.82, 2.24) is 5.32 Å². The molecule has 2 aromatic rings. The van der Waals surface area contributed by atoms with Gasteiger partial charge in [-0.3, -0.25) is 9.69 Å². The zero-order valence-electron chi connectivity index (χ0n) is 11.3. The minimum absolute atomic E-state index is 0.294. The van der Waals surface area contributed by atoms with Crippen molar-refractivity contribution in [2.75, 3.05) is 4.90 Å². The molecule has 0 unspecified atom stereocenters. The maximum absolute atomic E-state index is 12.4. The first kappa shape index (κ1) is 13.6. The fourth-order valence-electron chi connectivity index (χ4n) is 2.53. The predicted octanol–water partition coefficient (Wildman–Crippen LogP) is 1.87. The molecule has 1 atom stereocenters. The highest BCUT2D eigenvalue weighted by atomic mass is 32.1. The summed E-state index contributed by atoms with van der Waals surface area (Å²) in [5.74, 6) is -0.488. The van der Waals surface area contributed by atoms with Crippen LogP contribution in [0.4, 0.5) is 10.5 Å². The predicted molar refractivity (Wildman–Crippen MR) is 82.2 cm³/mol. The summed E-state index contributed by atoms with van der Waals surface area (Å²) in [4.78, 5) is 26.6. The van der Waals surface area contributed by atoms with Crippen LogP contribution in [0.25, 0.3) is 0 Å². The molecule has 21 heavy (non-hydrogen) atoms. The Labute approximate surface area is 126 Å². The van der Waals surface area contributed by atoms with Crippen LogP contribution < -0.4 is 16.0 Å². The van der Waals surface area contributed by atoms with Gasteiger partial charge in [-0.1, -0.05) is 24.3 Å². The third-order valence-electron chi connectivity index (χ3n) is 3.52. The molecule has 0 fully saturated rings. The molecule has 3 rings (SSSR count). The van der Waals surface area contributed by atoms with E-state index in [-0.39, 0.29) is 6.03 Å². The van der Waals surface area contributed by atoms with Crippen molar-refractivity contribution in [2.45, 2.75) is 19.0 Å². The minimum Gasteiger partial charge on any atom is -0.368 e. The molecule has 0 saturated heterocycles. The Bertz CT molecular complexity index is 669. The topological polar surface area (TPSA) is 75.4 Å². The average Bonchev–Trinajstić information content (AvgIpc) is 3.11. The van der Waals surface area contributed by atoms with Crippen molar-refractivity contribution in [2.24, 2.45) is 5.73 Å². The number of nitrogens with two attached hydrogens (primary N) is 1. The lowest BCUT2D eigenvalue weighted by Crippen LogP contribution is -2.49. The number of benzene rings is 1. The zero-order chi connectivity index (χ0) is 14.8. The number of para-hydroxylation sites is 1. The number of anilines is 1. The molecule has 0 bridgehead atoms. The quantitative estimate of drug-likeness (QED) is 0.908. The molecular formula is C15H15N3O2S. The van der Waals surface area contributed by atoms with Gasteiger partial charge in [0.05, 0.1) is 6.54 Å². The molecule has 3 amide bonds. The first-order chi connectivity index (χ1) is 10.2. The van der Waals surface area contributed by atoms with E-state index in [0.29, 0.717) is 13.0 Å². The van der Waals surface area contributed by atoms with Crippen molar-refractivity contribution in [1.29, 1.82) is 0 Å². The molecule has 1 aliphatic heterocycles. The molecule has 3 N–H and O–H groups in total. The van der Waals surface area contributed by atoms with E-state index in [0.717, 1.165) is 16.1 Å². The number of urea groups is 1. The van der Waals surface area contributed by atoms with E-state index in [9.17, 15) is 9.59 Å². The third kappa shape index (κ3) is 2.62. The molecule has 5 nitrogen and oxygen atoms in total. The van der Waals surface area contributed by atoms with Gasteiger partial charge in [-0.15, -0.1) is 11.3 Å².